The average molecular weight is 774 g/mol. The molecule has 0 bridgehead atoms. The van der Waals surface area contributed by atoms with Crippen molar-refractivity contribution in [2.45, 2.75) is 78.1 Å². The van der Waals surface area contributed by atoms with Crippen LogP contribution in [-0.4, -0.2) is 0 Å². The van der Waals surface area contributed by atoms with Gasteiger partial charge in [0.1, 0.15) is 11.5 Å². The second-order valence-electron chi connectivity index (χ2n) is 15.7. The molecule has 0 aliphatic heterocycles. The smallest absolute Gasteiger partial charge is 1.00 e. The Hall–Kier alpha value is -3.79. The zero-order valence-electron chi connectivity index (χ0n) is 31.8. The monoisotopic (exact) mass is 772 g/mol. The fourth-order valence-electron chi connectivity index (χ4n) is 7.00. The Kier molecular flexibility index (Phi) is 13.2. The van der Waals surface area contributed by atoms with Crippen LogP contribution in [0.2, 0.25) is 0 Å². The predicted molar refractivity (Wildman–Crippen MR) is 207 cm³/mol. The van der Waals surface area contributed by atoms with Crippen LogP contribution in [0.5, 0.6) is 0 Å². The maximum Gasteiger partial charge on any atom is 4.00 e. The summed E-state index contributed by atoms with van der Waals surface area (Å²) in [6.45, 7) is 17.4. The van der Waals surface area contributed by atoms with E-state index in [1.807, 2.05) is 26.0 Å². The molecule has 0 saturated heterocycles. The van der Waals surface area contributed by atoms with Gasteiger partial charge in [0.25, 0.3) is 0 Å². The van der Waals surface area contributed by atoms with E-state index in [2.05, 4.69) is 163 Å². The molecule has 2 unspecified atom stereocenters. The number of fused-ring (bicyclic) bond motifs is 2. The molecule has 0 spiro atoms. The second-order valence-corrected chi connectivity index (χ2v) is 15.7. The number of allylic oxidation sites excluding steroid dienone is 2. The Morgan fingerprint density at radius 1 is 0.472 bits per heavy atom. The molecule has 0 fully saturated rings. The van der Waals surface area contributed by atoms with E-state index in [4.69, 9.17) is 8.83 Å². The Bertz CT molecular complexity index is 2040. The van der Waals surface area contributed by atoms with E-state index < -0.39 is 0 Å². The number of halogens is 2. The first kappa shape index (κ1) is 42.0. The summed E-state index contributed by atoms with van der Waals surface area (Å²) in [6.07, 6.45) is 11.2. The number of benzene rings is 4. The molecule has 268 valence electrons. The van der Waals surface area contributed by atoms with E-state index in [0.29, 0.717) is 0 Å². The second kappa shape index (κ2) is 16.7. The van der Waals surface area contributed by atoms with Crippen molar-refractivity contribution in [3.63, 3.8) is 0 Å². The fraction of sp³-hybridized carbons (Fsp3) is 0.250. The third kappa shape index (κ3) is 8.79. The van der Waals surface area contributed by atoms with Gasteiger partial charge in [-0.1, -0.05) is 138 Å². The Balaban J connectivity index is 0.000000224. The number of furan rings is 2. The summed E-state index contributed by atoms with van der Waals surface area (Å²) >= 11 is 0. The van der Waals surface area contributed by atoms with Gasteiger partial charge in [-0.25, -0.2) is 12.2 Å². The minimum absolute atomic E-state index is 0. The van der Waals surface area contributed by atoms with Gasteiger partial charge in [-0.15, -0.1) is 11.1 Å². The van der Waals surface area contributed by atoms with Gasteiger partial charge in [0.15, 0.2) is 0 Å². The summed E-state index contributed by atoms with van der Waals surface area (Å²) in [7, 11) is 0. The van der Waals surface area contributed by atoms with Gasteiger partial charge in [0.2, 0.25) is 0 Å². The molecule has 0 saturated carbocycles. The topological polar surface area (TPSA) is 26.3 Å². The van der Waals surface area contributed by atoms with Crippen LogP contribution in [0.15, 0.2) is 118 Å². The first-order valence-electron chi connectivity index (χ1n) is 17.7. The van der Waals surface area contributed by atoms with Gasteiger partial charge >= 0.3 is 21.7 Å². The van der Waals surface area contributed by atoms with Crippen LogP contribution < -0.4 is 24.8 Å². The van der Waals surface area contributed by atoms with Crippen molar-refractivity contribution in [3.05, 3.63) is 178 Å². The molecular weight excluding hydrogens is 727 g/mol. The normalized spacial score (nSPS) is 15.3. The summed E-state index contributed by atoms with van der Waals surface area (Å²) in [4.78, 5) is 0. The van der Waals surface area contributed by atoms with Gasteiger partial charge in [-0.05, 0) is 83.0 Å². The van der Waals surface area contributed by atoms with E-state index in [1.54, 1.807) is 0 Å². The quantitative estimate of drug-likeness (QED) is 0.142. The number of rotatable bonds is 4. The molecule has 53 heavy (non-hydrogen) atoms. The molecule has 0 N–H and O–H groups in total. The van der Waals surface area contributed by atoms with Gasteiger partial charge in [0, 0.05) is 0 Å². The molecule has 5 heteroatoms. The van der Waals surface area contributed by atoms with Gasteiger partial charge in [-0.3, -0.25) is 12.2 Å². The van der Waals surface area contributed by atoms with E-state index in [9.17, 15) is 0 Å². The molecule has 2 atom stereocenters. The minimum atomic E-state index is 0. The molecule has 2 aliphatic carbocycles. The molecule has 0 amide bonds. The number of hydrogen-bond donors (Lipinski definition) is 0. The SMILES string of the molecule is Cc1ccc(C2[C-]=Cc3c(-c4ccc(C(C)(C)C)cc4)cccc32)o1.Cc1ccc(C2[C-]=Cc3c(-c4ccc(C(C)(C)C)cc4)cccc32)o1.[Cl-].[Cl-].[Ti+4]. The van der Waals surface area contributed by atoms with Crippen LogP contribution in [0.25, 0.3) is 34.4 Å². The molecule has 2 aliphatic rings. The maximum absolute atomic E-state index is 5.84. The molecule has 6 aromatic rings. The molecule has 4 aromatic carbocycles. The third-order valence-corrected chi connectivity index (χ3v) is 9.91. The largest absolute Gasteiger partial charge is 4.00 e. The Morgan fingerprint density at radius 2 is 0.830 bits per heavy atom. The molecule has 2 nitrogen and oxygen atoms in total. The van der Waals surface area contributed by atoms with Crippen LogP contribution in [0.3, 0.4) is 0 Å². The first-order valence-corrected chi connectivity index (χ1v) is 17.7. The predicted octanol–water partition coefficient (Wildman–Crippen LogP) is 7.03. The van der Waals surface area contributed by atoms with Crippen LogP contribution in [0.1, 0.15) is 110 Å². The van der Waals surface area contributed by atoms with Gasteiger partial charge in [-0.2, -0.15) is 11.1 Å². The van der Waals surface area contributed by atoms with Gasteiger partial charge in [0.05, 0.1) is 11.5 Å². The standard InChI is InChI=1S/2C24H23O.2ClH.Ti/c2*1-16-8-15-23(25-16)22-14-13-21-19(6-5-7-20(21)22)17-9-11-18(12-10-17)24(2,3)4;;;/h2*5-13,15,22H,1-4H3;2*1H;/q2*-1;;;+4/p-2. The van der Waals surface area contributed by atoms with Crippen molar-refractivity contribution in [2.75, 3.05) is 0 Å². The maximum atomic E-state index is 5.84. The van der Waals surface area contributed by atoms with E-state index in [1.165, 1.54) is 55.6 Å². The van der Waals surface area contributed by atoms with Crippen LogP contribution in [0.4, 0.5) is 0 Å². The van der Waals surface area contributed by atoms with E-state index in [0.717, 1.165) is 23.0 Å². The summed E-state index contributed by atoms with van der Waals surface area (Å²) < 4.78 is 11.7. The van der Waals surface area contributed by atoms with E-state index >= 15 is 0 Å². The summed E-state index contributed by atoms with van der Waals surface area (Å²) in [5, 5.41) is 0. The summed E-state index contributed by atoms with van der Waals surface area (Å²) in [5.41, 5.74) is 13.1. The minimum Gasteiger partial charge on any atom is -1.00 e. The van der Waals surface area contributed by atoms with Crippen LogP contribution >= 0.6 is 0 Å². The zero-order chi connectivity index (χ0) is 35.2. The summed E-state index contributed by atoms with van der Waals surface area (Å²) in [6, 6.07) is 39.1. The zero-order valence-corrected chi connectivity index (χ0v) is 34.8. The first-order chi connectivity index (χ1) is 23.9. The van der Waals surface area contributed by atoms with E-state index in [-0.39, 0.29) is 69.2 Å². The fourth-order valence-corrected chi connectivity index (χ4v) is 7.00. The van der Waals surface area contributed by atoms with Crippen LogP contribution in [-0.2, 0) is 32.5 Å². The molecule has 0 radical (unpaired) electrons. The molecule has 2 aromatic heterocycles. The Morgan fingerprint density at radius 3 is 1.13 bits per heavy atom. The van der Waals surface area contributed by atoms with Crippen molar-refractivity contribution in [1.29, 1.82) is 0 Å². The van der Waals surface area contributed by atoms with Crippen molar-refractivity contribution >= 4 is 12.2 Å². The molecule has 2 heterocycles. The molecular formula is C48H46Cl2O2Ti. The summed E-state index contributed by atoms with van der Waals surface area (Å²) in [5.74, 6) is 4.01. The number of aryl methyl sites for hydroxylation is 2. The van der Waals surface area contributed by atoms with Crippen LogP contribution in [0, 0.1) is 26.0 Å². The van der Waals surface area contributed by atoms with Crippen molar-refractivity contribution < 1.29 is 55.4 Å². The van der Waals surface area contributed by atoms with Crippen molar-refractivity contribution in [3.8, 4) is 22.3 Å². The third-order valence-electron chi connectivity index (χ3n) is 9.91. The number of hydrogen-bond acceptors (Lipinski definition) is 2. The van der Waals surface area contributed by atoms with Gasteiger partial charge < -0.3 is 33.6 Å². The Labute approximate surface area is 343 Å². The van der Waals surface area contributed by atoms with Crippen molar-refractivity contribution in [2.24, 2.45) is 0 Å². The van der Waals surface area contributed by atoms with Crippen molar-refractivity contribution in [1.82, 2.24) is 0 Å². The average Bonchev–Trinajstić information content (AvgIpc) is 3.90. The molecule has 8 rings (SSSR count).